The van der Waals surface area contributed by atoms with Gasteiger partial charge in [-0.15, -0.1) is 0 Å². The third-order valence-electron chi connectivity index (χ3n) is 5.62. The molecule has 3 aliphatic rings. The van der Waals surface area contributed by atoms with Crippen molar-refractivity contribution in [3.8, 4) is 0 Å². The highest BCUT2D eigenvalue weighted by Crippen LogP contribution is 2.44. The Morgan fingerprint density at radius 3 is 2.75 bits per heavy atom. The number of amides is 1. The summed E-state index contributed by atoms with van der Waals surface area (Å²) in [4.78, 5) is 12.5. The Hall–Kier alpha value is -1.07. The number of carbonyl (C=O) groups is 1. The van der Waals surface area contributed by atoms with Crippen LogP contribution in [0.25, 0.3) is 0 Å². The van der Waals surface area contributed by atoms with E-state index in [9.17, 15) is 9.90 Å². The second-order valence-electron chi connectivity index (χ2n) is 7.42. The van der Waals surface area contributed by atoms with Gasteiger partial charge in [-0.1, -0.05) is 6.42 Å². The summed E-state index contributed by atoms with van der Waals surface area (Å²) in [5.41, 5.74) is 0. The summed E-state index contributed by atoms with van der Waals surface area (Å²) in [7, 11) is 0. The van der Waals surface area contributed by atoms with E-state index in [-0.39, 0.29) is 24.7 Å². The lowest BCUT2D eigenvalue weighted by atomic mass is 9.68. The molecule has 24 heavy (non-hydrogen) atoms. The van der Waals surface area contributed by atoms with Crippen molar-refractivity contribution in [3.63, 3.8) is 0 Å². The molecule has 2 fully saturated rings. The minimum Gasteiger partial charge on any atom is -0.459 e. The van der Waals surface area contributed by atoms with Crippen LogP contribution in [0, 0.1) is 23.7 Å². The lowest BCUT2D eigenvalue weighted by Gasteiger charge is -2.43. The van der Waals surface area contributed by atoms with Crippen molar-refractivity contribution in [2.24, 2.45) is 23.7 Å². The largest absolute Gasteiger partial charge is 0.459 e. The smallest absolute Gasteiger partial charge is 0.286 e. The maximum absolute atomic E-state index is 12.5. The molecule has 1 amide bonds. The summed E-state index contributed by atoms with van der Waals surface area (Å²) in [5.74, 6) is 2.15. The summed E-state index contributed by atoms with van der Waals surface area (Å²) in [6.07, 6.45) is 9.42. The maximum Gasteiger partial charge on any atom is 0.286 e. The van der Waals surface area contributed by atoms with Crippen LogP contribution in [0.4, 0.5) is 0 Å². The van der Waals surface area contributed by atoms with Gasteiger partial charge in [0.2, 0.25) is 6.29 Å². The van der Waals surface area contributed by atoms with Crippen LogP contribution in [0.1, 0.15) is 51.9 Å². The van der Waals surface area contributed by atoms with Crippen molar-refractivity contribution in [2.45, 2.75) is 58.2 Å². The molecule has 0 aromatic heterocycles. The zero-order valence-electron chi connectivity index (χ0n) is 14.7. The maximum atomic E-state index is 12.5. The van der Waals surface area contributed by atoms with Gasteiger partial charge in [0.05, 0.1) is 0 Å². The molecule has 1 aliphatic heterocycles. The fourth-order valence-corrected chi connectivity index (χ4v) is 3.79. The van der Waals surface area contributed by atoms with Crippen LogP contribution in [0.15, 0.2) is 11.8 Å². The number of hydrogen-bond acceptors (Lipinski definition) is 4. The van der Waals surface area contributed by atoms with E-state index in [4.69, 9.17) is 9.47 Å². The van der Waals surface area contributed by atoms with Crippen LogP contribution in [-0.2, 0) is 14.3 Å². The lowest BCUT2D eigenvalue weighted by Crippen LogP contribution is -2.43. The van der Waals surface area contributed by atoms with Crippen LogP contribution >= 0.6 is 0 Å². The van der Waals surface area contributed by atoms with Crippen LogP contribution in [0.3, 0.4) is 0 Å². The average Bonchev–Trinajstić information content (AvgIpc) is 3.34. The Morgan fingerprint density at radius 2 is 2.17 bits per heavy atom. The number of aliphatic hydroxyl groups excluding tert-OH is 1. The van der Waals surface area contributed by atoms with Crippen LogP contribution in [0.2, 0.25) is 0 Å². The predicted octanol–water partition coefficient (Wildman–Crippen LogP) is 2.59. The average molecular weight is 337 g/mol. The molecule has 2 aliphatic carbocycles. The number of allylic oxidation sites excluding steroid dienone is 1. The molecular weight excluding hydrogens is 306 g/mol. The van der Waals surface area contributed by atoms with E-state index in [2.05, 4.69) is 5.32 Å². The summed E-state index contributed by atoms with van der Waals surface area (Å²) < 4.78 is 11.8. The first-order valence-corrected chi connectivity index (χ1v) is 9.62. The van der Waals surface area contributed by atoms with E-state index in [1.54, 1.807) is 0 Å². The van der Waals surface area contributed by atoms with Gasteiger partial charge < -0.3 is 19.9 Å². The van der Waals surface area contributed by atoms with E-state index in [0.717, 1.165) is 19.4 Å². The molecule has 0 spiro atoms. The minimum atomic E-state index is -0.376. The fourth-order valence-electron chi connectivity index (χ4n) is 3.79. The molecule has 0 aromatic rings. The molecule has 2 saturated carbocycles. The van der Waals surface area contributed by atoms with Crippen molar-refractivity contribution >= 4 is 5.91 Å². The summed E-state index contributed by atoms with van der Waals surface area (Å²) >= 11 is 0. The molecule has 3 atom stereocenters. The van der Waals surface area contributed by atoms with Gasteiger partial charge in [0.15, 0.2) is 5.76 Å². The van der Waals surface area contributed by atoms with Gasteiger partial charge in [0.25, 0.3) is 5.91 Å². The predicted molar refractivity (Wildman–Crippen MR) is 91.0 cm³/mol. The number of rotatable bonds is 9. The Kier molecular flexibility index (Phi) is 6.17. The first-order chi connectivity index (χ1) is 11.7. The Labute approximate surface area is 144 Å². The van der Waals surface area contributed by atoms with Crippen LogP contribution < -0.4 is 5.32 Å². The highest BCUT2D eigenvalue weighted by atomic mass is 16.7. The minimum absolute atomic E-state index is 0.100. The molecule has 136 valence electrons. The van der Waals surface area contributed by atoms with Crippen LogP contribution in [-0.4, -0.2) is 37.1 Å². The third kappa shape index (κ3) is 4.31. The number of carbonyl (C=O) groups excluding carboxylic acids is 1. The zero-order chi connectivity index (χ0) is 16.9. The van der Waals surface area contributed by atoms with Crippen molar-refractivity contribution < 1.29 is 19.4 Å². The molecule has 5 nitrogen and oxygen atoms in total. The first-order valence-electron chi connectivity index (χ1n) is 9.62. The van der Waals surface area contributed by atoms with Gasteiger partial charge in [-0.25, -0.2) is 0 Å². The van der Waals surface area contributed by atoms with Crippen LogP contribution in [0.5, 0.6) is 0 Å². The number of nitrogens with one attached hydrogen (secondary N) is 1. The van der Waals surface area contributed by atoms with Crippen molar-refractivity contribution in [2.75, 3.05) is 19.8 Å². The molecule has 5 heteroatoms. The second kappa shape index (κ2) is 8.34. The molecule has 3 rings (SSSR count). The highest BCUT2D eigenvalue weighted by Gasteiger charge is 2.42. The normalized spacial score (nSPS) is 30.2. The van der Waals surface area contributed by atoms with Crippen molar-refractivity contribution in [1.82, 2.24) is 5.32 Å². The Morgan fingerprint density at radius 1 is 1.38 bits per heavy atom. The number of ether oxygens (including phenoxy) is 2. The van der Waals surface area contributed by atoms with Crippen molar-refractivity contribution in [1.29, 1.82) is 0 Å². The SMILES string of the molecule is CCO[C@H]1OC(C(=O)NCC2CC2)=C[C@@H](C2CCC2)[C@H]1CCCO. The summed E-state index contributed by atoms with van der Waals surface area (Å²) in [6.45, 7) is 3.46. The summed E-state index contributed by atoms with van der Waals surface area (Å²) in [6, 6.07) is 0. The number of hydrogen-bond donors (Lipinski definition) is 2. The summed E-state index contributed by atoms with van der Waals surface area (Å²) in [5, 5.41) is 12.2. The van der Waals surface area contributed by atoms with Gasteiger partial charge in [-0.3, -0.25) is 4.79 Å². The Bertz CT molecular complexity index is 456. The second-order valence-corrected chi connectivity index (χ2v) is 7.42. The third-order valence-corrected chi connectivity index (χ3v) is 5.62. The fraction of sp³-hybridized carbons (Fsp3) is 0.842. The van der Waals surface area contributed by atoms with Gasteiger partial charge in [0.1, 0.15) is 0 Å². The van der Waals surface area contributed by atoms with E-state index in [1.165, 1.54) is 32.1 Å². The van der Waals surface area contributed by atoms with Gasteiger partial charge in [0, 0.05) is 25.7 Å². The highest BCUT2D eigenvalue weighted by molar-refractivity contribution is 5.91. The lowest BCUT2D eigenvalue weighted by molar-refractivity contribution is -0.178. The van der Waals surface area contributed by atoms with Crippen molar-refractivity contribution in [3.05, 3.63) is 11.8 Å². The zero-order valence-corrected chi connectivity index (χ0v) is 14.7. The molecule has 2 N–H and O–H groups in total. The number of aliphatic hydroxyl groups is 1. The quantitative estimate of drug-likeness (QED) is 0.679. The molecule has 0 bridgehead atoms. The van der Waals surface area contributed by atoms with E-state index in [1.807, 2.05) is 13.0 Å². The monoisotopic (exact) mass is 337 g/mol. The standard InChI is InChI=1S/C19H31NO4/c1-2-23-19-15(7-4-10-21)16(14-5-3-6-14)11-17(24-19)18(22)20-12-13-8-9-13/h11,13-16,19,21H,2-10,12H2,1H3,(H,20,22)/t15-,16+,19+/m1/s1. The van der Waals surface area contributed by atoms with E-state index < -0.39 is 0 Å². The molecule has 0 radical (unpaired) electrons. The molecular formula is C19H31NO4. The Balaban J connectivity index is 1.72. The molecule has 0 aromatic carbocycles. The van der Waals surface area contributed by atoms with Gasteiger partial charge in [-0.05, 0) is 69.3 Å². The van der Waals surface area contributed by atoms with Gasteiger partial charge >= 0.3 is 0 Å². The molecule has 1 heterocycles. The van der Waals surface area contributed by atoms with E-state index >= 15 is 0 Å². The van der Waals surface area contributed by atoms with E-state index in [0.29, 0.717) is 30.1 Å². The van der Waals surface area contributed by atoms with Gasteiger partial charge in [-0.2, -0.15) is 0 Å². The topological polar surface area (TPSA) is 67.8 Å². The molecule has 0 saturated heterocycles. The first kappa shape index (κ1) is 17.7. The molecule has 0 unspecified atom stereocenters.